The number of hydrogen-bond donors (Lipinski definition) is 1. The lowest BCUT2D eigenvalue weighted by atomic mass is 10.4. The molecule has 0 unspecified atom stereocenters. The second-order valence-corrected chi connectivity index (χ2v) is 2.56. The minimum atomic E-state index is 0. The molecule has 0 heterocycles. The number of rotatable bonds is 1. The van der Waals surface area contributed by atoms with Crippen LogP contribution in [-0.4, -0.2) is 6.54 Å². The molecule has 1 nitrogen and oxygen atoms in total. The highest BCUT2D eigenvalue weighted by atomic mass is 19.0. The van der Waals surface area contributed by atoms with Gasteiger partial charge < -0.3 is 5.73 Å². The molecular weight excluding hydrogens is 129 g/mol. The van der Waals surface area contributed by atoms with Crippen LogP contribution in [0.15, 0.2) is 0 Å². The standard InChI is InChI=1S/C5H10.C3H9N.FH.H2/c1-2-4-5-3-1;1-2-3-4;;/h1-5H2;2-4H2,1H3;2*1H. The minimum Gasteiger partial charge on any atom is -0.330 e. The molecular formula is C8H22FN. The molecule has 0 bridgehead atoms. The van der Waals surface area contributed by atoms with Gasteiger partial charge in [0.15, 0.2) is 0 Å². The maximum atomic E-state index is 5.03. The van der Waals surface area contributed by atoms with Crippen LogP contribution in [0.1, 0.15) is 46.9 Å². The van der Waals surface area contributed by atoms with Crippen molar-refractivity contribution >= 4 is 0 Å². The van der Waals surface area contributed by atoms with Crippen LogP contribution in [0, 0.1) is 0 Å². The summed E-state index contributed by atoms with van der Waals surface area (Å²) in [6.45, 7) is 2.88. The zero-order valence-electron chi connectivity index (χ0n) is 6.94. The van der Waals surface area contributed by atoms with Gasteiger partial charge in [-0.15, -0.1) is 0 Å². The lowest BCUT2D eigenvalue weighted by molar-refractivity contribution is 0.886. The molecule has 1 saturated carbocycles. The molecule has 2 heteroatoms. The fourth-order valence-corrected chi connectivity index (χ4v) is 0.884. The fraction of sp³-hybridized carbons (Fsp3) is 1.00. The first-order chi connectivity index (χ1) is 4.41. The molecule has 0 amide bonds. The van der Waals surface area contributed by atoms with Gasteiger partial charge in [-0.2, -0.15) is 0 Å². The van der Waals surface area contributed by atoms with E-state index in [1.807, 2.05) is 0 Å². The topological polar surface area (TPSA) is 26.0 Å². The number of halogens is 1. The van der Waals surface area contributed by atoms with Crippen molar-refractivity contribution in [3.63, 3.8) is 0 Å². The third-order valence-corrected chi connectivity index (χ3v) is 1.54. The Bertz CT molecular complexity index is 39.7. The zero-order valence-corrected chi connectivity index (χ0v) is 6.94. The summed E-state index contributed by atoms with van der Waals surface area (Å²) >= 11 is 0. The Morgan fingerprint density at radius 2 is 1.30 bits per heavy atom. The highest BCUT2D eigenvalue weighted by Crippen LogP contribution is 2.15. The number of nitrogens with two attached hydrogens (primary N) is 1. The zero-order chi connectivity index (χ0) is 6.95. The van der Waals surface area contributed by atoms with E-state index in [1.165, 1.54) is 32.1 Å². The monoisotopic (exact) mass is 151 g/mol. The molecule has 0 atom stereocenters. The normalized spacial score (nSPS) is 15.0. The van der Waals surface area contributed by atoms with Crippen LogP contribution in [0.5, 0.6) is 0 Å². The summed E-state index contributed by atoms with van der Waals surface area (Å²) in [7, 11) is 0. The van der Waals surface area contributed by atoms with Crippen molar-refractivity contribution in [2.75, 3.05) is 6.54 Å². The van der Waals surface area contributed by atoms with Crippen molar-refractivity contribution in [2.45, 2.75) is 45.4 Å². The smallest absolute Gasteiger partial charge is 0 e. The molecule has 1 aliphatic rings. The van der Waals surface area contributed by atoms with E-state index in [4.69, 9.17) is 5.73 Å². The van der Waals surface area contributed by atoms with E-state index in [1.54, 1.807) is 0 Å². The lowest BCUT2D eigenvalue weighted by Gasteiger charge is -1.70. The van der Waals surface area contributed by atoms with Crippen LogP contribution >= 0.6 is 0 Å². The molecule has 0 aromatic heterocycles. The van der Waals surface area contributed by atoms with Crippen LogP contribution in [-0.2, 0) is 0 Å². The van der Waals surface area contributed by atoms with Crippen molar-refractivity contribution in [1.82, 2.24) is 0 Å². The second-order valence-electron chi connectivity index (χ2n) is 2.56. The van der Waals surface area contributed by atoms with E-state index >= 15 is 0 Å². The van der Waals surface area contributed by atoms with Gasteiger partial charge in [-0.05, 0) is 13.0 Å². The lowest BCUT2D eigenvalue weighted by Crippen LogP contribution is -1.93. The Morgan fingerprint density at radius 1 is 1.10 bits per heavy atom. The van der Waals surface area contributed by atoms with Crippen molar-refractivity contribution in [1.29, 1.82) is 0 Å². The van der Waals surface area contributed by atoms with Crippen molar-refractivity contribution in [3.05, 3.63) is 0 Å². The predicted octanol–water partition coefficient (Wildman–Crippen LogP) is 2.70. The van der Waals surface area contributed by atoms with E-state index in [0.29, 0.717) is 0 Å². The average molecular weight is 151 g/mol. The van der Waals surface area contributed by atoms with Gasteiger partial charge in [0.1, 0.15) is 0 Å². The Hall–Kier alpha value is -0.110. The largest absolute Gasteiger partial charge is 0.330 e. The van der Waals surface area contributed by atoms with Crippen LogP contribution in [0.25, 0.3) is 0 Å². The Morgan fingerprint density at radius 3 is 1.40 bits per heavy atom. The second kappa shape index (κ2) is 11.7. The quantitative estimate of drug-likeness (QED) is 0.612. The average Bonchev–Trinajstić information content (AvgIpc) is 2.43. The molecule has 66 valence electrons. The van der Waals surface area contributed by atoms with Crippen LogP contribution in [0.3, 0.4) is 0 Å². The molecule has 0 aromatic rings. The third-order valence-electron chi connectivity index (χ3n) is 1.54. The summed E-state index contributed by atoms with van der Waals surface area (Å²) in [5.74, 6) is 0. The molecule has 0 aromatic carbocycles. The Kier molecular flexibility index (Phi) is 14.6. The Labute approximate surface area is 64.8 Å². The van der Waals surface area contributed by atoms with E-state index in [-0.39, 0.29) is 6.13 Å². The Balaban J connectivity index is -0.000000101. The summed E-state index contributed by atoms with van der Waals surface area (Å²) in [5.41, 5.74) is 5.03. The van der Waals surface area contributed by atoms with Crippen molar-refractivity contribution < 1.29 is 6.13 Å². The first kappa shape index (κ1) is 12.6. The first-order valence-electron chi connectivity index (χ1n) is 4.12. The van der Waals surface area contributed by atoms with Crippen LogP contribution < -0.4 is 5.73 Å². The van der Waals surface area contributed by atoms with Gasteiger partial charge >= 0.3 is 0 Å². The van der Waals surface area contributed by atoms with Gasteiger partial charge in [0.25, 0.3) is 0 Å². The molecule has 1 aliphatic carbocycles. The van der Waals surface area contributed by atoms with Gasteiger partial charge in [0, 0.05) is 1.43 Å². The SMILES string of the molecule is C1CCCC1.CCCN.F.[HH]. The molecule has 1 fully saturated rings. The molecule has 0 saturated heterocycles. The minimum absolute atomic E-state index is 0. The molecule has 1 rings (SSSR count). The molecule has 2 N–H and O–H groups in total. The van der Waals surface area contributed by atoms with Gasteiger partial charge in [-0.25, -0.2) is 0 Å². The fourth-order valence-electron chi connectivity index (χ4n) is 0.884. The van der Waals surface area contributed by atoms with Gasteiger partial charge in [0.2, 0.25) is 0 Å². The summed E-state index contributed by atoms with van der Waals surface area (Å²) in [6.07, 6.45) is 8.60. The first-order valence-corrected chi connectivity index (χ1v) is 4.12. The van der Waals surface area contributed by atoms with E-state index in [9.17, 15) is 0 Å². The van der Waals surface area contributed by atoms with Gasteiger partial charge in [-0.3, -0.25) is 4.70 Å². The molecule has 0 spiro atoms. The molecule has 10 heavy (non-hydrogen) atoms. The highest BCUT2D eigenvalue weighted by Gasteiger charge is 1.95. The highest BCUT2D eigenvalue weighted by molar-refractivity contribution is 4.51. The summed E-state index contributed by atoms with van der Waals surface area (Å²) < 4.78 is 0. The summed E-state index contributed by atoms with van der Waals surface area (Å²) in [6, 6.07) is 0. The third kappa shape index (κ3) is 10.8. The number of hydrogen-bond acceptors (Lipinski definition) is 1. The van der Waals surface area contributed by atoms with E-state index in [0.717, 1.165) is 13.0 Å². The van der Waals surface area contributed by atoms with Crippen molar-refractivity contribution in [2.24, 2.45) is 5.73 Å². The van der Waals surface area contributed by atoms with E-state index < -0.39 is 0 Å². The van der Waals surface area contributed by atoms with E-state index in [2.05, 4.69) is 6.92 Å². The van der Waals surface area contributed by atoms with Gasteiger partial charge in [-0.1, -0.05) is 39.0 Å². The predicted molar refractivity (Wildman–Crippen MR) is 47.0 cm³/mol. The van der Waals surface area contributed by atoms with Crippen molar-refractivity contribution in [3.8, 4) is 0 Å². The van der Waals surface area contributed by atoms with Crippen LogP contribution in [0.2, 0.25) is 0 Å². The van der Waals surface area contributed by atoms with Crippen LogP contribution in [0.4, 0.5) is 4.70 Å². The summed E-state index contributed by atoms with van der Waals surface area (Å²) in [5, 5.41) is 0. The summed E-state index contributed by atoms with van der Waals surface area (Å²) in [4.78, 5) is 0. The van der Waals surface area contributed by atoms with Gasteiger partial charge in [0.05, 0.1) is 0 Å². The molecule has 0 radical (unpaired) electrons. The maximum absolute atomic E-state index is 5.03. The molecule has 0 aliphatic heterocycles. The maximum Gasteiger partial charge on any atom is 0 e.